The molecule has 0 aliphatic heterocycles. The maximum Gasteiger partial charge on any atom is 0.359 e. The second kappa shape index (κ2) is 2.68. The van der Waals surface area contributed by atoms with Gasteiger partial charge in [0.1, 0.15) is 0 Å². The molecule has 0 aromatic rings. The Labute approximate surface area is 52.6 Å². The molecule has 0 amide bonds. The van der Waals surface area contributed by atoms with Crippen molar-refractivity contribution in [2.24, 2.45) is 0 Å². The average molecular weight is 167 g/mol. The minimum absolute atomic E-state index is 2.59. The van der Waals surface area contributed by atoms with Crippen LogP contribution in [0.15, 0.2) is 0 Å². The molecule has 0 heterocycles. The van der Waals surface area contributed by atoms with Crippen LogP contribution in [0.4, 0.5) is 22.0 Å². The lowest BCUT2D eigenvalue weighted by Crippen LogP contribution is -2.29. The molecular formula is C3HClF5. The van der Waals surface area contributed by atoms with Gasteiger partial charge in [0.2, 0.25) is 0 Å². The normalized spacial score (nSPS) is 13.3. The van der Waals surface area contributed by atoms with Gasteiger partial charge in [-0.2, -0.15) is 8.78 Å². The Morgan fingerprint density at radius 3 is 1.67 bits per heavy atom. The molecule has 55 valence electrons. The largest absolute Gasteiger partial charge is 0.359 e. The third kappa shape index (κ3) is 1.97. The smallest absolute Gasteiger partial charge is 0.214 e. The summed E-state index contributed by atoms with van der Waals surface area (Å²) in [7, 11) is 0. The molecule has 1 radical (unpaired) electrons. The molecule has 0 saturated carbocycles. The van der Waals surface area contributed by atoms with Gasteiger partial charge in [0.15, 0.2) is 0 Å². The van der Waals surface area contributed by atoms with Gasteiger partial charge in [0.05, 0.1) is 0 Å². The van der Waals surface area contributed by atoms with Crippen molar-refractivity contribution < 1.29 is 22.0 Å². The second-order valence-electron chi connectivity index (χ2n) is 1.18. The maximum atomic E-state index is 11.4. The van der Waals surface area contributed by atoms with Crippen LogP contribution in [0.1, 0.15) is 0 Å². The minimum Gasteiger partial charge on any atom is -0.214 e. The molecule has 0 aliphatic carbocycles. The lowest BCUT2D eigenvalue weighted by atomic mass is 10.4. The zero-order valence-corrected chi connectivity index (χ0v) is 4.60. The molecule has 0 unspecified atom stereocenters. The first-order chi connectivity index (χ1) is 3.89. The number of rotatable bonds is 2. The van der Waals surface area contributed by atoms with Crippen LogP contribution in [0.3, 0.4) is 0 Å². The summed E-state index contributed by atoms with van der Waals surface area (Å²) in [6, 6.07) is 0. The van der Waals surface area contributed by atoms with E-state index in [-0.39, 0.29) is 0 Å². The monoisotopic (exact) mass is 167 g/mol. The van der Waals surface area contributed by atoms with E-state index < -0.39 is 18.0 Å². The van der Waals surface area contributed by atoms with Crippen molar-refractivity contribution in [3.8, 4) is 0 Å². The van der Waals surface area contributed by atoms with Crippen LogP contribution in [0.2, 0.25) is 0 Å². The lowest BCUT2D eigenvalue weighted by Gasteiger charge is -2.12. The van der Waals surface area contributed by atoms with Crippen molar-refractivity contribution in [2.45, 2.75) is 12.3 Å². The first-order valence-corrected chi connectivity index (χ1v) is 2.11. The summed E-state index contributed by atoms with van der Waals surface area (Å²) in [6.45, 7) is 0. The van der Waals surface area contributed by atoms with Crippen LogP contribution >= 0.6 is 11.6 Å². The molecule has 0 aromatic heterocycles. The van der Waals surface area contributed by atoms with Gasteiger partial charge in [0.25, 0.3) is 0 Å². The Hall–Kier alpha value is -0.0600. The van der Waals surface area contributed by atoms with Gasteiger partial charge in [-0.3, -0.25) is 0 Å². The number of alkyl halides is 4. The molecule has 0 fully saturated rings. The first-order valence-electron chi connectivity index (χ1n) is 1.73. The van der Waals surface area contributed by atoms with Crippen molar-refractivity contribution in [1.29, 1.82) is 0 Å². The zero-order chi connectivity index (χ0) is 7.65. The van der Waals surface area contributed by atoms with Gasteiger partial charge in [-0.1, -0.05) is 11.6 Å². The molecule has 6 heteroatoms. The van der Waals surface area contributed by atoms with Gasteiger partial charge in [-0.05, 0) is 0 Å². The Balaban J connectivity index is 4.01. The molecule has 0 bridgehead atoms. The quantitative estimate of drug-likeness (QED) is 0.555. The van der Waals surface area contributed by atoms with Crippen LogP contribution in [0.5, 0.6) is 0 Å². The van der Waals surface area contributed by atoms with Crippen molar-refractivity contribution in [3.05, 3.63) is 5.63 Å². The average Bonchev–Trinajstić information content (AvgIpc) is 1.65. The third-order valence-electron chi connectivity index (χ3n) is 0.526. The molecule has 0 rings (SSSR count). The van der Waals surface area contributed by atoms with Gasteiger partial charge < -0.3 is 0 Å². The van der Waals surface area contributed by atoms with E-state index in [0.29, 0.717) is 0 Å². The fraction of sp³-hybridized carbons (Fsp3) is 0.667. The molecule has 0 N–H and O–H groups in total. The van der Waals surface area contributed by atoms with Gasteiger partial charge in [0, 0.05) is 0 Å². The van der Waals surface area contributed by atoms with Gasteiger partial charge in [-0.15, -0.1) is 0 Å². The van der Waals surface area contributed by atoms with E-state index in [0.717, 1.165) is 0 Å². The van der Waals surface area contributed by atoms with Crippen molar-refractivity contribution in [2.75, 3.05) is 0 Å². The second-order valence-corrected chi connectivity index (χ2v) is 1.52. The summed E-state index contributed by atoms with van der Waals surface area (Å²) < 4.78 is 55.9. The molecule has 0 aliphatic rings. The van der Waals surface area contributed by atoms with E-state index in [9.17, 15) is 22.0 Å². The summed E-state index contributed by atoms with van der Waals surface area (Å²) in [4.78, 5) is 0. The molecule has 9 heavy (non-hydrogen) atoms. The van der Waals surface area contributed by atoms with E-state index in [1.807, 2.05) is 0 Å². The Bertz CT molecular complexity index is 80.2. The summed E-state index contributed by atoms with van der Waals surface area (Å²) in [5.74, 6) is -4.82. The highest BCUT2D eigenvalue weighted by molar-refractivity contribution is 6.26. The molecule has 0 saturated heterocycles. The van der Waals surface area contributed by atoms with Crippen molar-refractivity contribution in [3.63, 3.8) is 0 Å². The predicted octanol–water partition coefficient (Wildman–Crippen LogP) is 2.58. The van der Waals surface area contributed by atoms with Crippen LogP contribution in [-0.4, -0.2) is 12.3 Å². The number of hydrogen-bond donors (Lipinski definition) is 0. The summed E-state index contributed by atoms with van der Waals surface area (Å²) in [5.41, 5.74) is -2.59. The Kier molecular flexibility index (Phi) is 2.66. The van der Waals surface area contributed by atoms with Gasteiger partial charge in [-0.25, -0.2) is 13.2 Å². The summed E-state index contributed by atoms with van der Waals surface area (Å²) in [5, 5.41) is 0. The summed E-state index contributed by atoms with van der Waals surface area (Å²) in [6.07, 6.45) is -4.09. The van der Waals surface area contributed by atoms with E-state index in [1.165, 1.54) is 0 Å². The molecule has 0 spiro atoms. The number of halogens is 6. The van der Waals surface area contributed by atoms with Crippen LogP contribution in [-0.2, 0) is 0 Å². The predicted molar refractivity (Wildman–Crippen MR) is 21.2 cm³/mol. The van der Waals surface area contributed by atoms with Crippen molar-refractivity contribution >= 4 is 11.6 Å². The Morgan fingerprint density at radius 1 is 1.33 bits per heavy atom. The SMILES string of the molecule is F[C](Cl)C(F)(F)C(F)F. The minimum atomic E-state index is -4.82. The third-order valence-corrected chi connectivity index (χ3v) is 0.778. The Morgan fingerprint density at radius 2 is 1.67 bits per heavy atom. The first kappa shape index (κ1) is 8.94. The lowest BCUT2D eigenvalue weighted by molar-refractivity contribution is -0.123. The van der Waals surface area contributed by atoms with Crippen molar-refractivity contribution in [1.82, 2.24) is 0 Å². The zero-order valence-electron chi connectivity index (χ0n) is 3.85. The van der Waals surface area contributed by atoms with E-state index in [2.05, 4.69) is 11.6 Å². The van der Waals surface area contributed by atoms with Crippen LogP contribution in [0.25, 0.3) is 0 Å². The fourth-order valence-electron chi connectivity index (χ4n) is 0.0825. The highest BCUT2D eigenvalue weighted by Crippen LogP contribution is 2.36. The standard InChI is InChI=1S/C3HClF5/c4-1(5)3(8,9)2(6)7/h2H. The fourth-order valence-corrected chi connectivity index (χ4v) is 0.165. The highest BCUT2D eigenvalue weighted by Gasteiger charge is 2.50. The number of hydrogen-bond acceptors (Lipinski definition) is 0. The molecule has 0 atom stereocenters. The van der Waals surface area contributed by atoms with E-state index in [4.69, 9.17) is 0 Å². The van der Waals surface area contributed by atoms with Gasteiger partial charge >= 0.3 is 18.0 Å². The van der Waals surface area contributed by atoms with E-state index in [1.54, 1.807) is 0 Å². The topological polar surface area (TPSA) is 0 Å². The molecule has 0 aromatic carbocycles. The molecule has 0 nitrogen and oxygen atoms in total. The summed E-state index contributed by atoms with van der Waals surface area (Å²) >= 11 is 3.98. The van der Waals surface area contributed by atoms with E-state index >= 15 is 0 Å². The van der Waals surface area contributed by atoms with Crippen LogP contribution in [0, 0.1) is 5.63 Å². The maximum absolute atomic E-state index is 11.4. The van der Waals surface area contributed by atoms with Crippen LogP contribution < -0.4 is 0 Å². The highest BCUT2D eigenvalue weighted by atomic mass is 35.5. The molecular weight excluding hydrogens is 166 g/mol.